The van der Waals surface area contributed by atoms with Gasteiger partial charge in [0.2, 0.25) is 5.91 Å². The molecule has 0 atom stereocenters. The first-order valence-electron chi connectivity index (χ1n) is 8.02. The lowest BCUT2D eigenvalue weighted by atomic mass is 10.1. The molecule has 0 heterocycles. The molecule has 5 heteroatoms. The van der Waals surface area contributed by atoms with Crippen molar-refractivity contribution in [1.29, 1.82) is 0 Å². The molecule has 0 aliphatic rings. The van der Waals surface area contributed by atoms with Crippen LogP contribution in [0.4, 0.5) is 4.39 Å². The number of carbonyl (C=O) groups is 1. The van der Waals surface area contributed by atoms with Crippen LogP contribution >= 0.6 is 0 Å². The predicted octanol–water partition coefficient (Wildman–Crippen LogP) is 2.67. The first kappa shape index (κ1) is 17.9. The Bertz CT molecular complexity index is 627. The Hall–Kier alpha value is -2.40. The van der Waals surface area contributed by atoms with Gasteiger partial charge in [-0.05, 0) is 48.4 Å². The van der Waals surface area contributed by atoms with Crippen LogP contribution in [0.15, 0.2) is 48.5 Å². The highest BCUT2D eigenvalue weighted by Gasteiger charge is 2.02. The number of benzene rings is 2. The van der Waals surface area contributed by atoms with Crippen molar-refractivity contribution in [2.75, 3.05) is 20.2 Å². The minimum Gasteiger partial charge on any atom is -0.497 e. The molecule has 4 nitrogen and oxygen atoms in total. The minimum absolute atomic E-state index is 0.0140. The Morgan fingerprint density at radius 2 is 1.67 bits per heavy atom. The highest BCUT2D eigenvalue weighted by Crippen LogP contribution is 2.10. The largest absolute Gasteiger partial charge is 0.497 e. The van der Waals surface area contributed by atoms with E-state index in [1.54, 1.807) is 19.2 Å². The molecule has 0 unspecified atom stereocenters. The average molecular weight is 330 g/mol. The maximum absolute atomic E-state index is 12.8. The molecular formula is C19H23FN2O2. The molecule has 24 heavy (non-hydrogen) atoms. The van der Waals surface area contributed by atoms with E-state index >= 15 is 0 Å². The molecule has 0 saturated carbocycles. The smallest absolute Gasteiger partial charge is 0.221 e. The van der Waals surface area contributed by atoms with Crippen LogP contribution in [0.3, 0.4) is 0 Å². The molecule has 0 bridgehead atoms. The summed E-state index contributed by atoms with van der Waals surface area (Å²) in [5.41, 5.74) is 2.11. The number of rotatable bonds is 9. The third-order valence-electron chi connectivity index (χ3n) is 3.68. The van der Waals surface area contributed by atoms with E-state index in [9.17, 15) is 9.18 Å². The fourth-order valence-electron chi connectivity index (χ4n) is 2.24. The van der Waals surface area contributed by atoms with Crippen LogP contribution in [-0.2, 0) is 17.8 Å². The standard InChI is InChI=1S/C19H23FN2O2/c1-24-18-8-4-16(5-9-18)14-22-19(23)11-13-21-12-10-15-2-6-17(20)7-3-15/h2-9,21H,10-14H2,1H3,(H,22,23). The van der Waals surface area contributed by atoms with Crippen molar-refractivity contribution >= 4 is 5.91 Å². The van der Waals surface area contributed by atoms with Crippen molar-refractivity contribution in [3.05, 3.63) is 65.5 Å². The van der Waals surface area contributed by atoms with Gasteiger partial charge in [-0.25, -0.2) is 4.39 Å². The first-order valence-corrected chi connectivity index (χ1v) is 8.02. The second-order valence-electron chi connectivity index (χ2n) is 5.50. The highest BCUT2D eigenvalue weighted by atomic mass is 19.1. The second-order valence-corrected chi connectivity index (χ2v) is 5.50. The lowest BCUT2D eigenvalue weighted by Gasteiger charge is -2.07. The number of hydrogen-bond donors (Lipinski definition) is 2. The zero-order valence-electron chi connectivity index (χ0n) is 13.8. The molecule has 2 aromatic carbocycles. The topological polar surface area (TPSA) is 50.4 Å². The van der Waals surface area contributed by atoms with Crippen LogP contribution in [0.1, 0.15) is 17.5 Å². The molecule has 0 radical (unpaired) electrons. The quantitative estimate of drug-likeness (QED) is 0.695. The third kappa shape index (κ3) is 6.38. The Labute approximate surface area is 142 Å². The number of carbonyl (C=O) groups excluding carboxylic acids is 1. The number of methoxy groups -OCH3 is 1. The fourth-order valence-corrected chi connectivity index (χ4v) is 2.24. The molecule has 2 rings (SSSR count). The van der Waals surface area contributed by atoms with Crippen LogP contribution in [0.2, 0.25) is 0 Å². The summed E-state index contributed by atoms with van der Waals surface area (Å²) in [6.45, 7) is 1.89. The van der Waals surface area contributed by atoms with E-state index in [1.807, 2.05) is 24.3 Å². The molecule has 128 valence electrons. The summed E-state index contributed by atoms with van der Waals surface area (Å²) in [4.78, 5) is 11.8. The van der Waals surface area contributed by atoms with Gasteiger partial charge in [-0.15, -0.1) is 0 Å². The maximum atomic E-state index is 12.8. The summed E-state index contributed by atoms with van der Waals surface area (Å²) in [5.74, 6) is 0.593. The molecule has 0 aliphatic carbocycles. The summed E-state index contributed by atoms with van der Waals surface area (Å²) < 4.78 is 17.9. The maximum Gasteiger partial charge on any atom is 0.221 e. The van der Waals surface area contributed by atoms with Crippen LogP contribution in [0, 0.1) is 5.82 Å². The van der Waals surface area contributed by atoms with Crippen LogP contribution in [-0.4, -0.2) is 26.1 Å². The van der Waals surface area contributed by atoms with Crippen LogP contribution < -0.4 is 15.4 Å². The number of nitrogens with one attached hydrogen (secondary N) is 2. The van der Waals surface area contributed by atoms with Crippen molar-refractivity contribution in [1.82, 2.24) is 10.6 Å². The fraction of sp³-hybridized carbons (Fsp3) is 0.316. The van der Waals surface area contributed by atoms with E-state index < -0.39 is 0 Å². The normalized spacial score (nSPS) is 10.4. The lowest BCUT2D eigenvalue weighted by Crippen LogP contribution is -2.28. The van der Waals surface area contributed by atoms with Gasteiger partial charge in [-0.2, -0.15) is 0 Å². The van der Waals surface area contributed by atoms with Crippen molar-refractivity contribution < 1.29 is 13.9 Å². The van der Waals surface area contributed by atoms with E-state index in [1.165, 1.54) is 12.1 Å². The SMILES string of the molecule is COc1ccc(CNC(=O)CCNCCc2ccc(F)cc2)cc1. The molecule has 0 aliphatic heterocycles. The first-order chi connectivity index (χ1) is 11.7. The number of ether oxygens (including phenoxy) is 1. The Kier molecular flexibility index (Phi) is 7.23. The summed E-state index contributed by atoms with van der Waals surface area (Å²) in [5, 5.41) is 6.11. The average Bonchev–Trinajstić information content (AvgIpc) is 2.61. The van der Waals surface area contributed by atoms with Gasteiger partial charge in [-0.1, -0.05) is 24.3 Å². The Morgan fingerprint density at radius 3 is 2.33 bits per heavy atom. The van der Waals surface area contributed by atoms with Gasteiger partial charge in [0.25, 0.3) is 0 Å². The molecule has 0 spiro atoms. The summed E-state index contributed by atoms with van der Waals surface area (Å²) >= 11 is 0. The van der Waals surface area contributed by atoms with E-state index in [4.69, 9.17) is 4.74 Å². The lowest BCUT2D eigenvalue weighted by molar-refractivity contribution is -0.121. The van der Waals surface area contributed by atoms with E-state index in [2.05, 4.69) is 10.6 Å². The van der Waals surface area contributed by atoms with Crippen molar-refractivity contribution in [2.24, 2.45) is 0 Å². The van der Waals surface area contributed by atoms with Crippen LogP contribution in [0.5, 0.6) is 5.75 Å². The van der Waals surface area contributed by atoms with Crippen LogP contribution in [0.25, 0.3) is 0 Å². The van der Waals surface area contributed by atoms with Crippen molar-refractivity contribution in [3.63, 3.8) is 0 Å². The van der Waals surface area contributed by atoms with E-state index in [0.717, 1.165) is 29.8 Å². The summed E-state index contributed by atoms with van der Waals surface area (Å²) in [6, 6.07) is 14.1. The molecule has 2 N–H and O–H groups in total. The molecular weight excluding hydrogens is 307 g/mol. The summed E-state index contributed by atoms with van der Waals surface area (Å²) in [6.07, 6.45) is 1.24. The molecule has 0 saturated heterocycles. The zero-order valence-corrected chi connectivity index (χ0v) is 13.8. The monoisotopic (exact) mass is 330 g/mol. The van der Waals surface area contributed by atoms with E-state index in [-0.39, 0.29) is 11.7 Å². The number of halogens is 1. The molecule has 0 fully saturated rings. The molecule has 2 aromatic rings. The van der Waals surface area contributed by atoms with Gasteiger partial charge < -0.3 is 15.4 Å². The predicted molar refractivity (Wildman–Crippen MR) is 92.4 cm³/mol. The Balaban J connectivity index is 1.56. The second kappa shape index (κ2) is 9.67. The minimum atomic E-state index is -0.222. The van der Waals surface area contributed by atoms with E-state index in [0.29, 0.717) is 19.5 Å². The van der Waals surface area contributed by atoms with Gasteiger partial charge in [0.1, 0.15) is 11.6 Å². The van der Waals surface area contributed by atoms with Gasteiger partial charge in [0, 0.05) is 19.5 Å². The van der Waals surface area contributed by atoms with Gasteiger partial charge in [-0.3, -0.25) is 4.79 Å². The van der Waals surface area contributed by atoms with Gasteiger partial charge >= 0.3 is 0 Å². The van der Waals surface area contributed by atoms with Gasteiger partial charge in [0.05, 0.1) is 7.11 Å². The molecule has 1 amide bonds. The van der Waals surface area contributed by atoms with Gasteiger partial charge in [0.15, 0.2) is 0 Å². The van der Waals surface area contributed by atoms with Crippen molar-refractivity contribution in [3.8, 4) is 5.75 Å². The zero-order chi connectivity index (χ0) is 17.2. The number of amides is 1. The van der Waals surface area contributed by atoms with Crippen molar-refractivity contribution in [2.45, 2.75) is 19.4 Å². The summed E-state index contributed by atoms with van der Waals surface area (Å²) in [7, 11) is 1.62. The Morgan fingerprint density at radius 1 is 1.00 bits per heavy atom. The highest BCUT2D eigenvalue weighted by molar-refractivity contribution is 5.76. The number of hydrogen-bond acceptors (Lipinski definition) is 3. The third-order valence-corrected chi connectivity index (χ3v) is 3.68. The molecule has 0 aromatic heterocycles.